The Balaban J connectivity index is 1.71. The summed E-state index contributed by atoms with van der Waals surface area (Å²) in [7, 11) is 1.67. The Kier molecular flexibility index (Phi) is 6.79. The molecule has 1 N–H and O–H groups in total. The van der Waals surface area contributed by atoms with Gasteiger partial charge < -0.3 is 9.72 Å². The first-order chi connectivity index (χ1) is 16.3. The molecule has 0 amide bonds. The monoisotopic (exact) mass is 460 g/mol. The number of para-hydroxylation sites is 1. The second kappa shape index (κ2) is 9.77. The van der Waals surface area contributed by atoms with Crippen LogP contribution in [0.4, 0.5) is 0 Å². The number of aromatic amines is 1. The van der Waals surface area contributed by atoms with Gasteiger partial charge in [-0.1, -0.05) is 36.8 Å². The van der Waals surface area contributed by atoms with E-state index < -0.39 is 0 Å². The summed E-state index contributed by atoms with van der Waals surface area (Å²) in [6.45, 7) is 9.91. The number of hydrogen-bond donors (Lipinski definition) is 1. The lowest BCUT2D eigenvalue weighted by Gasteiger charge is -2.27. The number of methoxy groups -OCH3 is 1. The lowest BCUT2D eigenvalue weighted by molar-refractivity contribution is 0.214. The molecule has 0 radical (unpaired) electrons. The van der Waals surface area contributed by atoms with Crippen molar-refractivity contribution in [2.75, 3.05) is 7.11 Å². The number of aryl methyl sites for hydroxylation is 1. The largest absolute Gasteiger partial charge is 0.496 e. The topological polar surface area (TPSA) is 88.9 Å². The van der Waals surface area contributed by atoms with Crippen LogP contribution in [-0.4, -0.2) is 37.2 Å². The second-order valence-corrected chi connectivity index (χ2v) is 9.34. The minimum Gasteiger partial charge on any atom is -0.496 e. The SMILES string of the molecule is CCC(C)(C)n1nnnc1CN(Cc1ccccc1OC)Cc1cc2cc(C)ccc2[nH]c1=O. The zero-order valence-corrected chi connectivity index (χ0v) is 20.5. The average Bonchev–Trinajstić information content (AvgIpc) is 3.29. The summed E-state index contributed by atoms with van der Waals surface area (Å²) in [6.07, 6.45) is 0.890. The van der Waals surface area contributed by atoms with Crippen LogP contribution < -0.4 is 10.3 Å². The van der Waals surface area contributed by atoms with Crippen molar-refractivity contribution in [2.45, 2.75) is 59.3 Å². The standard InChI is InChI=1S/C26H32N6O2/c1-6-26(3,4)32-24(28-29-30-32)17-31(15-19-9-7-8-10-23(19)34-5)16-21-14-20-13-18(2)11-12-22(20)27-25(21)33/h7-14H,6,15-17H2,1-5H3,(H,27,33). The zero-order chi connectivity index (χ0) is 24.3. The Morgan fingerprint density at radius 1 is 1.06 bits per heavy atom. The molecular formula is C26H32N6O2. The van der Waals surface area contributed by atoms with E-state index in [1.165, 1.54) is 0 Å². The third-order valence-electron chi connectivity index (χ3n) is 6.39. The van der Waals surface area contributed by atoms with Gasteiger partial charge in [0.1, 0.15) is 5.75 Å². The highest BCUT2D eigenvalue weighted by atomic mass is 16.5. The van der Waals surface area contributed by atoms with Crippen LogP contribution >= 0.6 is 0 Å². The van der Waals surface area contributed by atoms with Gasteiger partial charge in [0.25, 0.3) is 5.56 Å². The van der Waals surface area contributed by atoms with Crippen LogP contribution in [0.15, 0.2) is 53.3 Å². The number of benzene rings is 2. The summed E-state index contributed by atoms with van der Waals surface area (Å²) >= 11 is 0. The van der Waals surface area contributed by atoms with Crippen molar-refractivity contribution >= 4 is 10.9 Å². The number of pyridine rings is 1. The van der Waals surface area contributed by atoms with Gasteiger partial charge in [0.15, 0.2) is 5.82 Å². The first kappa shape index (κ1) is 23.6. The summed E-state index contributed by atoms with van der Waals surface area (Å²) in [4.78, 5) is 18.2. The number of rotatable bonds is 9. The van der Waals surface area contributed by atoms with Crippen molar-refractivity contribution < 1.29 is 4.74 Å². The van der Waals surface area contributed by atoms with Gasteiger partial charge >= 0.3 is 0 Å². The molecule has 0 spiro atoms. The normalized spacial score (nSPS) is 11.9. The van der Waals surface area contributed by atoms with Crippen molar-refractivity contribution in [3.05, 3.63) is 81.4 Å². The van der Waals surface area contributed by atoms with Crippen LogP contribution in [-0.2, 0) is 25.2 Å². The molecule has 4 aromatic rings. The number of tetrazole rings is 1. The second-order valence-electron chi connectivity index (χ2n) is 9.34. The lowest BCUT2D eigenvalue weighted by Crippen LogP contribution is -2.33. The summed E-state index contributed by atoms with van der Waals surface area (Å²) in [5.74, 6) is 1.57. The fourth-order valence-electron chi connectivity index (χ4n) is 4.10. The molecule has 8 nitrogen and oxygen atoms in total. The average molecular weight is 461 g/mol. The molecule has 4 rings (SSSR count). The highest BCUT2D eigenvalue weighted by Gasteiger charge is 2.25. The van der Waals surface area contributed by atoms with Gasteiger partial charge in [-0.2, -0.15) is 0 Å². The molecule has 0 aliphatic heterocycles. The van der Waals surface area contributed by atoms with E-state index in [0.29, 0.717) is 25.2 Å². The Morgan fingerprint density at radius 2 is 1.82 bits per heavy atom. The fraction of sp³-hybridized carbons (Fsp3) is 0.385. The molecule has 178 valence electrons. The minimum absolute atomic E-state index is 0.0881. The molecule has 2 aromatic heterocycles. The quantitative estimate of drug-likeness (QED) is 0.403. The van der Waals surface area contributed by atoms with Crippen LogP contribution in [0.2, 0.25) is 0 Å². The van der Waals surface area contributed by atoms with Crippen LogP contribution in [0.1, 0.15) is 49.7 Å². The van der Waals surface area contributed by atoms with Gasteiger partial charge in [-0.25, -0.2) is 4.68 Å². The number of hydrogen-bond acceptors (Lipinski definition) is 6. The number of ether oxygens (including phenoxy) is 1. The summed E-state index contributed by atoms with van der Waals surface area (Å²) in [6, 6.07) is 15.9. The number of nitrogens with one attached hydrogen (secondary N) is 1. The van der Waals surface area contributed by atoms with Crippen molar-refractivity contribution in [1.82, 2.24) is 30.1 Å². The van der Waals surface area contributed by atoms with E-state index in [2.05, 4.69) is 52.2 Å². The molecule has 0 aliphatic carbocycles. The number of fused-ring (bicyclic) bond motifs is 1. The molecule has 0 saturated heterocycles. The highest BCUT2D eigenvalue weighted by molar-refractivity contribution is 5.79. The number of nitrogens with zero attached hydrogens (tertiary/aromatic N) is 5. The fourth-order valence-corrected chi connectivity index (χ4v) is 4.10. The Bertz CT molecular complexity index is 1340. The maximum absolute atomic E-state index is 13.0. The van der Waals surface area contributed by atoms with Gasteiger partial charge in [0.2, 0.25) is 0 Å². The van der Waals surface area contributed by atoms with E-state index in [-0.39, 0.29) is 11.1 Å². The summed E-state index contributed by atoms with van der Waals surface area (Å²) in [5, 5.41) is 13.6. The first-order valence-corrected chi connectivity index (χ1v) is 11.6. The van der Waals surface area contributed by atoms with E-state index in [0.717, 1.165) is 40.0 Å². The van der Waals surface area contributed by atoms with Crippen LogP contribution in [0.5, 0.6) is 5.75 Å². The summed E-state index contributed by atoms with van der Waals surface area (Å²) < 4.78 is 7.47. The summed E-state index contributed by atoms with van der Waals surface area (Å²) in [5.41, 5.74) is 3.41. The third-order valence-corrected chi connectivity index (χ3v) is 6.39. The van der Waals surface area contributed by atoms with Crippen molar-refractivity contribution in [3.63, 3.8) is 0 Å². The molecule has 0 atom stereocenters. The zero-order valence-electron chi connectivity index (χ0n) is 20.5. The Hall–Kier alpha value is -3.52. The molecule has 0 unspecified atom stereocenters. The van der Waals surface area contributed by atoms with E-state index in [1.807, 2.05) is 54.1 Å². The molecule has 0 bridgehead atoms. The smallest absolute Gasteiger partial charge is 0.252 e. The van der Waals surface area contributed by atoms with E-state index in [4.69, 9.17) is 4.74 Å². The molecule has 0 fully saturated rings. The first-order valence-electron chi connectivity index (χ1n) is 11.6. The molecule has 0 aliphatic rings. The molecule has 34 heavy (non-hydrogen) atoms. The third kappa shape index (κ3) is 5.02. The van der Waals surface area contributed by atoms with Crippen LogP contribution in [0, 0.1) is 6.92 Å². The maximum Gasteiger partial charge on any atom is 0.252 e. The molecule has 2 aromatic carbocycles. The van der Waals surface area contributed by atoms with Gasteiger partial charge in [-0.15, -0.1) is 5.10 Å². The van der Waals surface area contributed by atoms with Crippen molar-refractivity contribution in [3.8, 4) is 5.75 Å². The van der Waals surface area contributed by atoms with Gasteiger partial charge in [0, 0.05) is 29.7 Å². The predicted octanol–water partition coefficient (Wildman–Crippen LogP) is 4.18. The maximum atomic E-state index is 13.0. The molecule has 2 heterocycles. The van der Waals surface area contributed by atoms with Crippen LogP contribution in [0.25, 0.3) is 10.9 Å². The van der Waals surface area contributed by atoms with E-state index in [9.17, 15) is 4.79 Å². The minimum atomic E-state index is -0.215. The van der Waals surface area contributed by atoms with Gasteiger partial charge in [0.05, 0.1) is 19.2 Å². The Morgan fingerprint density at radius 3 is 2.59 bits per heavy atom. The highest BCUT2D eigenvalue weighted by Crippen LogP contribution is 2.24. The van der Waals surface area contributed by atoms with E-state index in [1.54, 1.807) is 7.11 Å². The van der Waals surface area contributed by atoms with Crippen LogP contribution in [0.3, 0.4) is 0 Å². The number of H-pyrrole nitrogens is 1. The lowest BCUT2D eigenvalue weighted by atomic mass is 10.0. The van der Waals surface area contributed by atoms with Crippen molar-refractivity contribution in [1.29, 1.82) is 0 Å². The Labute approximate surface area is 199 Å². The van der Waals surface area contributed by atoms with Crippen molar-refractivity contribution in [2.24, 2.45) is 0 Å². The van der Waals surface area contributed by atoms with Gasteiger partial charge in [-0.05, 0) is 67.3 Å². The van der Waals surface area contributed by atoms with Gasteiger partial charge in [-0.3, -0.25) is 9.69 Å². The number of aromatic nitrogens is 5. The molecular weight excluding hydrogens is 428 g/mol. The predicted molar refractivity (Wildman–Crippen MR) is 133 cm³/mol. The van der Waals surface area contributed by atoms with E-state index >= 15 is 0 Å². The molecule has 8 heteroatoms. The molecule has 0 saturated carbocycles.